The lowest BCUT2D eigenvalue weighted by atomic mass is 10.2. The van der Waals surface area contributed by atoms with Gasteiger partial charge in [0.1, 0.15) is 4.83 Å². The lowest BCUT2D eigenvalue weighted by molar-refractivity contribution is -0.311. The van der Waals surface area contributed by atoms with Crippen molar-refractivity contribution in [2.45, 2.75) is 10.6 Å². The highest BCUT2D eigenvalue weighted by Gasteiger charge is 2.41. The summed E-state index contributed by atoms with van der Waals surface area (Å²) >= 11 is 3.23. The third kappa shape index (κ3) is 4.17. The van der Waals surface area contributed by atoms with E-state index in [9.17, 15) is 9.90 Å². The number of carboxylic acid groups (broad SMARTS) is 1. The van der Waals surface area contributed by atoms with Gasteiger partial charge in [-0.3, -0.25) is 0 Å². The summed E-state index contributed by atoms with van der Waals surface area (Å²) in [5.41, 5.74) is 0. The van der Waals surface area contributed by atoms with Crippen molar-refractivity contribution in [2.24, 2.45) is 0 Å². The molecule has 0 spiro atoms. The highest BCUT2D eigenvalue weighted by Crippen LogP contribution is 2.46. The van der Waals surface area contributed by atoms with Gasteiger partial charge in [-0.05, 0) is 28.6 Å². The normalized spacial score (nSPS) is 12.9. The van der Waals surface area contributed by atoms with Crippen LogP contribution in [0.5, 0.6) is 0 Å². The Morgan fingerprint density at radius 3 is 1.43 bits per heavy atom. The fraction of sp³-hybridized carbons (Fsp3) is 0.167. The number of benzene rings is 3. The van der Waals surface area contributed by atoms with Crippen LogP contribution in [0.4, 0.5) is 0 Å². The highest BCUT2D eigenvalue weighted by molar-refractivity contribution is 9.10. The first-order chi connectivity index (χ1) is 14.5. The minimum atomic E-state index is -2.50. The number of carbonyl (C=O) groups is 1. The van der Waals surface area contributed by atoms with Gasteiger partial charge in [-0.15, -0.1) is 0 Å². The van der Waals surface area contributed by atoms with Crippen LogP contribution in [0, 0.1) is 0 Å². The first-order valence-electron chi connectivity index (χ1n) is 9.38. The molecule has 0 amide bonds. The molecule has 0 saturated heterocycles. The van der Waals surface area contributed by atoms with Crippen LogP contribution in [0.2, 0.25) is 0 Å². The van der Waals surface area contributed by atoms with Crippen LogP contribution in [0.25, 0.3) is 0 Å². The Labute approximate surface area is 185 Å². The highest BCUT2D eigenvalue weighted by atomic mass is 79.9. The molecule has 0 radical (unpaired) electrons. The summed E-state index contributed by atoms with van der Waals surface area (Å²) in [5.74, 6) is -0.967. The van der Waals surface area contributed by atoms with Crippen LogP contribution in [0.3, 0.4) is 0 Å². The minimum Gasteiger partial charge on any atom is -0.549 e. The Morgan fingerprint density at radius 1 is 0.833 bits per heavy atom. The largest absolute Gasteiger partial charge is 0.549 e. The summed E-state index contributed by atoms with van der Waals surface area (Å²) in [6.07, 6.45) is 0. The molecular formula is C24H23BrO4P-. The summed E-state index contributed by atoms with van der Waals surface area (Å²) in [5, 5.41) is 15.0. The zero-order valence-corrected chi connectivity index (χ0v) is 19.3. The standard InChI is InChI=1S/C24H24BrO4P/c1-28-24(29-2,22(25)23(26)27)18-30(19-12-6-3-7-13-19,20-14-8-4-9-15-20)21-16-10-5-11-17-21/h3-18,22H,1-2H3,(H,26,27)/p-1. The predicted octanol–water partition coefficient (Wildman–Crippen LogP) is 2.29. The first-order valence-corrected chi connectivity index (χ1v) is 12.2. The number of hydrogen-bond donors (Lipinski definition) is 0. The van der Waals surface area contributed by atoms with E-state index in [1.807, 2.05) is 60.4 Å². The topological polar surface area (TPSA) is 58.6 Å². The van der Waals surface area contributed by atoms with Gasteiger partial charge in [0.2, 0.25) is 5.79 Å². The molecule has 156 valence electrons. The molecule has 3 aromatic carbocycles. The fourth-order valence-corrected chi connectivity index (χ4v) is 8.43. The number of halogens is 1. The van der Waals surface area contributed by atoms with Crippen molar-refractivity contribution in [3.8, 4) is 0 Å². The number of aliphatic carboxylic acids is 1. The molecular weight excluding hydrogens is 463 g/mol. The molecule has 6 heteroatoms. The maximum Gasteiger partial charge on any atom is 0.206 e. The van der Waals surface area contributed by atoms with Gasteiger partial charge in [0.05, 0.1) is 5.97 Å². The van der Waals surface area contributed by atoms with Gasteiger partial charge >= 0.3 is 0 Å². The molecule has 0 heterocycles. The molecule has 0 aliphatic heterocycles. The molecule has 0 N–H and O–H groups in total. The van der Waals surface area contributed by atoms with Crippen molar-refractivity contribution in [1.82, 2.24) is 0 Å². The van der Waals surface area contributed by atoms with Crippen LogP contribution in [-0.2, 0) is 14.3 Å². The first kappa shape index (κ1) is 22.5. The van der Waals surface area contributed by atoms with Crippen LogP contribution < -0.4 is 21.0 Å². The van der Waals surface area contributed by atoms with Gasteiger partial charge in [0.25, 0.3) is 0 Å². The molecule has 0 saturated carbocycles. The smallest absolute Gasteiger partial charge is 0.206 e. The predicted molar refractivity (Wildman–Crippen MR) is 126 cm³/mol. The summed E-state index contributed by atoms with van der Waals surface area (Å²) < 4.78 is 11.4. The second-order valence-corrected chi connectivity index (χ2v) is 10.8. The summed E-state index contributed by atoms with van der Waals surface area (Å²) in [4.78, 5) is 10.6. The van der Waals surface area contributed by atoms with Crippen molar-refractivity contribution < 1.29 is 19.4 Å². The molecule has 30 heavy (non-hydrogen) atoms. The molecule has 0 aliphatic carbocycles. The molecule has 3 aromatic rings. The van der Waals surface area contributed by atoms with Gasteiger partial charge in [-0.25, -0.2) is 0 Å². The number of alkyl halides is 1. The quantitative estimate of drug-likeness (QED) is 0.279. The van der Waals surface area contributed by atoms with Gasteiger partial charge in [-0.2, -0.15) is 0 Å². The van der Waals surface area contributed by atoms with Crippen molar-refractivity contribution in [3.05, 3.63) is 91.0 Å². The van der Waals surface area contributed by atoms with Crippen LogP contribution in [0.15, 0.2) is 91.0 Å². The number of ether oxygens (including phenoxy) is 2. The van der Waals surface area contributed by atoms with Crippen LogP contribution in [-0.4, -0.2) is 36.6 Å². The number of hydrogen-bond acceptors (Lipinski definition) is 4. The van der Waals surface area contributed by atoms with Gasteiger partial charge < -0.3 is 19.4 Å². The second-order valence-electron chi connectivity index (χ2n) is 6.67. The molecule has 0 aromatic heterocycles. The van der Waals surface area contributed by atoms with E-state index in [1.54, 1.807) is 0 Å². The van der Waals surface area contributed by atoms with Crippen molar-refractivity contribution in [2.75, 3.05) is 14.2 Å². The third-order valence-corrected chi connectivity index (χ3v) is 10.2. The van der Waals surface area contributed by atoms with Crippen LogP contribution >= 0.6 is 22.8 Å². The Kier molecular flexibility index (Phi) is 7.32. The summed E-state index contributed by atoms with van der Waals surface area (Å²) in [7, 11) is 2.87. The maximum absolute atomic E-state index is 11.8. The van der Waals surface area contributed by atoms with E-state index >= 15 is 0 Å². The Bertz CT molecular complexity index is 915. The molecule has 1 atom stereocenters. The van der Waals surface area contributed by atoms with E-state index < -0.39 is 23.5 Å². The lowest BCUT2D eigenvalue weighted by Crippen LogP contribution is -2.54. The molecule has 0 fully saturated rings. The number of carbonyl (C=O) groups excluding carboxylic acids is 1. The zero-order valence-electron chi connectivity index (χ0n) is 16.8. The maximum atomic E-state index is 11.8. The van der Waals surface area contributed by atoms with E-state index in [4.69, 9.17) is 9.47 Å². The number of carboxylic acids is 1. The van der Waals surface area contributed by atoms with Crippen molar-refractivity contribution in [1.29, 1.82) is 0 Å². The van der Waals surface area contributed by atoms with E-state index in [2.05, 4.69) is 52.3 Å². The van der Waals surface area contributed by atoms with Crippen LogP contribution in [0.1, 0.15) is 0 Å². The van der Waals surface area contributed by atoms with Crippen molar-refractivity contribution in [3.63, 3.8) is 0 Å². The fourth-order valence-electron chi connectivity index (χ4n) is 3.56. The van der Waals surface area contributed by atoms with E-state index in [1.165, 1.54) is 14.2 Å². The Morgan fingerprint density at radius 2 is 1.17 bits per heavy atom. The molecule has 0 aliphatic rings. The Hall–Kier alpha value is -2.17. The number of methoxy groups -OCH3 is 2. The second kappa shape index (κ2) is 9.76. The molecule has 0 bridgehead atoms. The zero-order chi connectivity index (χ0) is 21.6. The van der Waals surface area contributed by atoms with Gasteiger partial charge in [0.15, 0.2) is 0 Å². The summed E-state index contributed by atoms with van der Waals surface area (Å²) in [6, 6.07) is 30.1. The molecule has 4 nitrogen and oxygen atoms in total. The van der Waals surface area contributed by atoms with E-state index in [-0.39, 0.29) is 0 Å². The Balaban J connectivity index is 2.51. The monoisotopic (exact) mass is 485 g/mol. The average Bonchev–Trinajstić information content (AvgIpc) is 2.82. The van der Waals surface area contributed by atoms with Gasteiger partial charge in [0, 0.05) is 14.2 Å². The number of rotatable bonds is 8. The van der Waals surface area contributed by atoms with Crippen molar-refractivity contribution >= 4 is 50.5 Å². The SMILES string of the molecule is COC(C=P(c1ccccc1)(c1ccccc1)c1ccccc1)(OC)C(Br)C(=O)[O-]. The lowest BCUT2D eigenvalue weighted by Gasteiger charge is -2.38. The average molecular weight is 486 g/mol. The van der Waals surface area contributed by atoms with Gasteiger partial charge in [-0.1, -0.05) is 107 Å². The molecule has 3 rings (SSSR count). The van der Waals surface area contributed by atoms with E-state index in [0.29, 0.717) is 0 Å². The summed E-state index contributed by atoms with van der Waals surface area (Å²) in [6.45, 7) is -2.50. The third-order valence-electron chi connectivity index (χ3n) is 5.06. The minimum absolute atomic E-state index is 1.05. The van der Waals surface area contributed by atoms with E-state index in [0.717, 1.165) is 15.9 Å². The molecule has 1 unspecified atom stereocenters.